The highest BCUT2D eigenvalue weighted by atomic mass is 16.2. The van der Waals surface area contributed by atoms with E-state index in [4.69, 9.17) is 0 Å². The predicted octanol–water partition coefficient (Wildman–Crippen LogP) is 3.25. The van der Waals surface area contributed by atoms with Gasteiger partial charge in [0.1, 0.15) is 17.6 Å². The summed E-state index contributed by atoms with van der Waals surface area (Å²) in [6, 6.07) is 19.4. The van der Waals surface area contributed by atoms with Crippen molar-refractivity contribution in [1.82, 2.24) is 14.9 Å². The van der Waals surface area contributed by atoms with Gasteiger partial charge in [-0.15, -0.1) is 0 Å². The predicted molar refractivity (Wildman–Crippen MR) is 122 cm³/mol. The summed E-state index contributed by atoms with van der Waals surface area (Å²) in [5, 5.41) is 13.0. The van der Waals surface area contributed by atoms with Crippen LogP contribution in [0.1, 0.15) is 35.3 Å². The number of benzene rings is 2. The zero-order chi connectivity index (χ0) is 22.3. The second kappa shape index (κ2) is 7.74. The first-order valence-electron chi connectivity index (χ1n) is 10.7. The molecular formula is C25H24N6O. The molecule has 0 bridgehead atoms. The normalized spacial score (nSPS) is 17.9. The molecule has 0 radical (unpaired) electrons. The highest BCUT2D eigenvalue weighted by Crippen LogP contribution is 2.43. The molecule has 1 fully saturated rings. The Balaban J connectivity index is 1.57. The smallest absolute Gasteiger partial charge is 0.242 e. The van der Waals surface area contributed by atoms with Crippen molar-refractivity contribution >= 4 is 17.4 Å². The van der Waals surface area contributed by atoms with E-state index in [-0.39, 0.29) is 11.9 Å². The van der Waals surface area contributed by atoms with Crippen LogP contribution in [-0.4, -0.2) is 40.9 Å². The summed E-state index contributed by atoms with van der Waals surface area (Å²) in [7, 11) is 2.01. The van der Waals surface area contributed by atoms with Gasteiger partial charge in [0.25, 0.3) is 0 Å². The number of carbonyl (C=O) groups is 1. The van der Waals surface area contributed by atoms with Crippen molar-refractivity contribution in [1.29, 1.82) is 5.26 Å². The number of para-hydroxylation sites is 1. The third-order valence-electron chi connectivity index (χ3n) is 6.42. The molecule has 0 saturated carbocycles. The van der Waals surface area contributed by atoms with Crippen LogP contribution in [0.15, 0.2) is 60.9 Å². The number of carbonyl (C=O) groups excluding carboxylic acids is 1. The van der Waals surface area contributed by atoms with Gasteiger partial charge in [-0.05, 0) is 37.7 Å². The third kappa shape index (κ3) is 3.12. The van der Waals surface area contributed by atoms with E-state index in [2.05, 4.69) is 26.3 Å². The molecule has 0 aliphatic carbocycles. The number of likely N-dealkylation sites (N-methyl/N-ethyl adjacent to an activating group) is 1. The van der Waals surface area contributed by atoms with Gasteiger partial charge < -0.3 is 15.1 Å². The van der Waals surface area contributed by atoms with Crippen molar-refractivity contribution in [2.24, 2.45) is 0 Å². The standard InChI is InChI=1S/C25H24N6O/c1-17(20-11-7-6-8-18(20)12-26)29-23-21-13-31(19-9-4-3-5-10-19)24(32)25(14-30(2)15-25)22(21)27-16-28-23/h3-11,16-17H,13-15H2,1-2H3,(H,27,28,29)/t17-/m1/s1. The average molecular weight is 425 g/mol. The van der Waals surface area contributed by atoms with Gasteiger partial charge >= 0.3 is 0 Å². The topological polar surface area (TPSA) is 85.2 Å². The number of aromatic nitrogens is 2. The molecule has 160 valence electrons. The van der Waals surface area contributed by atoms with Crippen LogP contribution in [0.5, 0.6) is 0 Å². The summed E-state index contributed by atoms with van der Waals surface area (Å²) < 4.78 is 0. The van der Waals surface area contributed by atoms with Gasteiger partial charge in [-0.1, -0.05) is 36.4 Å². The Labute approximate surface area is 187 Å². The van der Waals surface area contributed by atoms with Crippen molar-refractivity contribution in [3.63, 3.8) is 0 Å². The fourth-order valence-corrected chi connectivity index (χ4v) is 4.92. The molecule has 7 heteroatoms. The summed E-state index contributed by atoms with van der Waals surface area (Å²) in [4.78, 5) is 26.8. The quantitative estimate of drug-likeness (QED) is 0.692. The Morgan fingerprint density at radius 2 is 1.81 bits per heavy atom. The van der Waals surface area contributed by atoms with Crippen LogP contribution >= 0.6 is 0 Å². The van der Waals surface area contributed by atoms with Crippen molar-refractivity contribution in [3.05, 3.63) is 83.3 Å². The number of likely N-dealkylation sites (tertiary alicyclic amines) is 1. The number of hydrogen-bond donors (Lipinski definition) is 1. The van der Waals surface area contributed by atoms with Gasteiger partial charge in [0.2, 0.25) is 5.91 Å². The lowest BCUT2D eigenvalue weighted by molar-refractivity contribution is -0.131. The lowest BCUT2D eigenvalue weighted by Crippen LogP contribution is -2.68. The summed E-state index contributed by atoms with van der Waals surface area (Å²) in [5.74, 6) is 0.791. The van der Waals surface area contributed by atoms with E-state index in [1.165, 1.54) is 6.33 Å². The SMILES string of the molecule is C[C@@H](Nc1ncnc2c1CN(c1ccccc1)C(=O)C21CN(C)C1)c1ccccc1C#N. The van der Waals surface area contributed by atoms with Gasteiger partial charge in [-0.3, -0.25) is 4.79 Å². The molecule has 3 heterocycles. The van der Waals surface area contributed by atoms with Crippen molar-refractivity contribution < 1.29 is 4.79 Å². The molecule has 2 aliphatic heterocycles. The first-order chi connectivity index (χ1) is 15.5. The highest BCUT2D eigenvalue weighted by Gasteiger charge is 2.56. The van der Waals surface area contributed by atoms with Gasteiger partial charge in [-0.2, -0.15) is 5.26 Å². The molecule has 7 nitrogen and oxygen atoms in total. The fraction of sp³-hybridized carbons (Fsp3) is 0.280. The number of amides is 1. The van der Waals surface area contributed by atoms with Gasteiger partial charge in [0.15, 0.2) is 0 Å². The second-order valence-electron chi connectivity index (χ2n) is 8.60. The minimum atomic E-state index is -0.661. The first kappa shape index (κ1) is 20.2. The minimum absolute atomic E-state index is 0.0850. The maximum absolute atomic E-state index is 13.7. The van der Waals surface area contributed by atoms with Gasteiger partial charge in [0, 0.05) is 24.3 Å². The number of nitrogens with one attached hydrogen (secondary N) is 1. The van der Waals surface area contributed by atoms with Crippen LogP contribution in [0, 0.1) is 11.3 Å². The van der Waals surface area contributed by atoms with Crippen molar-refractivity contribution in [2.75, 3.05) is 30.4 Å². The molecule has 3 aromatic rings. The molecular weight excluding hydrogens is 400 g/mol. The monoisotopic (exact) mass is 424 g/mol. The maximum atomic E-state index is 13.7. The van der Waals surface area contributed by atoms with E-state index in [1.54, 1.807) is 0 Å². The highest BCUT2D eigenvalue weighted by molar-refractivity contribution is 6.04. The molecule has 1 spiro atoms. The largest absolute Gasteiger partial charge is 0.363 e. The van der Waals surface area contributed by atoms with E-state index in [1.807, 2.05) is 73.5 Å². The van der Waals surface area contributed by atoms with Crippen LogP contribution in [-0.2, 0) is 16.8 Å². The minimum Gasteiger partial charge on any atom is -0.363 e. The maximum Gasteiger partial charge on any atom is 0.242 e. The number of fused-ring (bicyclic) bond motifs is 2. The van der Waals surface area contributed by atoms with E-state index >= 15 is 0 Å². The summed E-state index contributed by atoms with van der Waals surface area (Å²) in [5.41, 5.74) is 3.50. The molecule has 2 aliphatic rings. The Hall–Kier alpha value is -3.76. The summed E-state index contributed by atoms with van der Waals surface area (Å²) in [6.07, 6.45) is 1.54. The lowest BCUT2D eigenvalue weighted by Gasteiger charge is -2.51. The molecule has 1 atom stereocenters. The Morgan fingerprint density at radius 3 is 2.53 bits per heavy atom. The lowest BCUT2D eigenvalue weighted by atomic mass is 9.71. The zero-order valence-corrected chi connectivity index (χ0v) is 18.1. The van der Waals surface area contributed by atoms with Crippen LogP contribution in [0.25, 0.3) is 0 Å². The Morgan fingerprint density at radius 1 is 1.09 bits per heavy atom. The first-order valence-corrected chi connectivity index (χ1v) is 10.7. The number of nitriles is 1. The van der Waals surface area contributed by atoms with Crippen LogP contribution in [0.2, 0.25) is 0 Å². The number of nitrogens with zero attached hydrogens (tertiary/aromatic N) is 5. The molecule has 5 rings (SSSR count). The van der Waals surface area contributed by atoms with Gasteiger partial charge in [0.05, 0.1) is 29.9 Å². The summed E-state index contributed by atoms with van der Waals surface area (Å²) >= 11 is 0. The molecule has 1 saturated heterocycles. The van der Waals surface area contributed by atoms with Crippen molar-refractivity contribution in [2.45, 2.75) is 24.9 Å². The number of anilines is 2. The summed E-state index contributed by atoms with van der Waals surface area (Å²) in [6.45, 7) is 3.68. The van der Waals surface area contributed by atoms with Crippen LogP contribution in [0.3, 0.4) is 0 Å². The number of rotatable bonds is 4. The molecule has 0 unspecified atom stereocenters. The van der Waals surface area contributed by atoms with E-state index in [9.17, 15) is 10.1 Å². The van der Waals surface area contributed by atoms with Crippen LogP contribution < -0.4 is 10.2 Å². The molecule has 1 amide bonds. The molecule has 1 aromatic heterocycles. The van der Waals surface area contributed by atoms with E-state index in [0.717, 1.165) is 22.5 Å². The molecule has 32 heavy (non-hydrogen) atoms. The average Bonchev–Trinajstić information content (AvgIpc) is 2.80. The second-order valence-corrected chi connectivity index (χ2v) is 8.60. The number of hydrogen-bond acceptors (Lipinski definition) is 6. The molecule has 2 aromatic carbocycles. The fourth-order valence-electron chi connectivity index (χ4n) is 4.92. The Kier molecular flexibility index (Phi) is 4.87. The van der Waals surface area contributed by atoms with Crippen molar-refractivity contribution in [3.8, 4) is 6.07 Å². The van der Waals surface area contributed by atoms with E-state index < -0.39 is 5.41 Å². The van der Waals surface area contributed by atoms with Gasteiger partial charge in [-0.25, -0.2) is 9.97 Å². The Bertz CT molecular complexity index is 1210. The third-order valence-corrected chi connectivity index (χ3v) is 6.42. The zero-order valence-electron chi connectivity index (χ0n) is 18.1. The van der Waals surface area contributed by atoms with Crippen LogP contribution in [0.4, 0.5) is 11.5 Å². The van der Waals surface area contributed by atoms with E-state index in [0.29, 0.717) is 31.0 Å². The molecule has 1 N–H and O–H groups in total.